The predicted molar refractivity (Wildman–Crippen MR) is 84.9 cm³/mol. The fourth-order valence-electron chi connectivity index (χ4n) is 4.64. The summed E-state index contributed by atoms with van der Waals surface area (Å²) in [6.45, 7) is 3.12. The molecule has 1 aromatic heterocycles. The summed E-state index contributed by atoms with van der Waals surface area (Å²) in [6.07, 6.45) is 16.4. The normalized spacial score (nSPS) is 31.4. The van der Waals surface area contributed by atoms with Gasteiger partial charge in [0.2, 0.25) is 0 Å². The van der Waals surface area contributed by atoms with Crippen molar-refractivity contribution in [2.24, 2.45) is 11.8 Å². The second kappa shape index (κ2) is 6.51. The summed E-state index contributed by atoms with van der Waals surface area (Å²) >= 11 is 0. The molecule has 3 heteroatoms. The number of aromatic nitrogens is 2. The third-order valence-corrected chi connectivity index (χ3v) is 5.74. The molecule has 2 fully saturated rings. The summed E-state index contributed by atoms with van der Waals surface area (Å²) in [5, 5.41) is 15.9. The van der Waals surface area contributed by atoms with Crippen LogP contribution in [-0.4, -0.2) is 14.9 Å². The molecule has 21 heavy (non-hydrogen) atoms. The zero-order valence-corrected chi connectivity index (χ0v) is 13.4. The molecular weight excluding hydrogens is 260 g/mol. The van der Waals surface area contributed by atoms with E-state index in [4.69, 9.17) is 0 Å². The molecule has 1 aromatic rings. The summed E-state index contributed by atoms with van der Waals surface area (Å²) in [5.74, 6) is 1.17. The van der Waals surface area contributed by atoms with Crippen LogP contribution >= 0.6 is 0 Å². The second-order valence-electron chi connectivity index (χ2n) is 7.17. The van der Waals surface area contributed by atoms with Gasteiger partial charge in [0.15, 0.2) is 0 Å². The van der Waals surface area contributed by atoms with Gasteiger partial charge >= 0.3 is 0 Å². The molecule has 3 nitrogen and oxygen atoms in total. The predicted octanol–water partition coefficient (Wildman–Crippen LogP) is 4.25. The second-order valence-corrected chi connectivity index (χ2v) is 7.17. The zero-order chi connectivity index (χ0) is 14.7. The Morgan fingerprint density at radius 1 is 1.19 bits per heavy atom. The van der Waals surface area contributed by atoms with Gasteiger partial charge in [-0.2, -0.15) is 5.10 Å². The van der Waals surface area contributed by atoms with E-state index >= 15 is 0 Å². The molecule has 0 aliphatic heterocycles. The van der Waals surface area contributed by atoms with Gasteiger partial charge in [-0.25, -0.2) is 0 Å². The van der Waals surface area contributed by atoms with E-state index in [0.717, 1.165) is 37.3 Å². The van der Waals surface area contributed by atoms with Crippen LogP contribution in [0, 0.1) is 11.8 Å². The number of hydrogen-bond acceptors (Lipinski definition) is 2. The van der Waals surface area contributed by atoms with E-state index in [2.05, 4.69) is 18.2 Å². The highest BCUT2D eigenvalue weighted by Crippen LogP contribution is 2.48. The molecule has 118 valence electrons. The maximum Gasteiger partial charge on any atom is 0.0957 e. The minimum absolute atomic E-state index is 0.450. The summed E-state index contributed by atoms with van der Waals surface area (Å²) in [6, 6.07) is 0. The van der Waals surface area contributed by atoms with Crippen molar-refractivity contribution < 1.29 is 5.11 Å². The summed E-state index contributed by atoms with van der Waals surface area (Å²) < 4.78 is 2.00. The van der Waals surface area contributed by atoms with Gasteiger partial charge in [0, 0.05) is 18.3 Å². The standard InChI is InChI=1S/C18H30N2O/c1-2-12-20-14-16(13-19-20)18(21)11-7-6-10-17(18)15-8-4-3-5-9-15/h13-15,17,21H,2-12H2,1H3. The Labute approximate surface area is 128 Å². The van der Waals surface area contributed by atoms with Crippen LogP contribution in [0.2, 0.25) is 0 Å². The van der Waals surface area contributed by atoms with Gasteiger partial charge < -0.3 is 5.11 Å². The maximum atomic E-state index is 11.5. The highest BCUT2D eigenvalue weighted by Gasteiger charge is 2.44. The molecular formula is C18H30N2O. The van der Waals surface area contributed by atoms with Gasteiger partial charge in [0.25, 0.3) is 0 Å². The summed E-state index contributed by atoms with van der Waals surface area (Å²) in [5.41, 5.74) is 0.456. The minimum atomic E-state index is -0.619. The van der Waals surface area contributed by atoms with E-state index in [1.165, 1.54) is 44.9 Å². The van der Waals surface area contributed by atoms with Crippen molar-refractivity contribution in [2.45, 2.75) is 83.3 Å². The zero-order valence-electron chi connectivity index (χ0n) is 13.4. The molecule has 1 N–H and O–H groups in total. The third kappa shape index (κ3) is 3.03. The quantitative estimate of drug-likeness (QED) is 0.900. The van der Waals surface area contributed by atoms with Gasteiger partial charge in [-0.05, 0) is 31.1 Å². The van der Waals surface area contributed by atoms with Gasteiger partial charge in [0.05, 0.1) is 11.8 Å². The lowest BCUT2D eigenvalue weighted by atomic mass is 9.64. The Balaban J connectivity index is 1.82. The topological polar surface area (TPSA) is 38.0 Å². The van der Waals surface area contributed by atoms with E-state index in [1.807, 2.05) is 10.9 Å². The monoisotopic (exact) mass is 290 g/mol. The highest BCUT2D eigenvalue weighted by molar-refractivity contribution is 5.18. The molecule has 0 saturated heterocycles. The van der Waals surface area contributed by atoms with Crippen molar-refractivity contribution >= 4 is 0 Å². The van der Waals surface area contributed by atoms with E-state index < -0.39 is 5.60 Å². The highest BCUT2D eigenvalue weighted by atomic mass is 16.3. The van der Waals surface area contributed by atoms with Crippen molar-refractivity contribution in [1.82, 2.24) is 9.78 Å². The lowest BCUT2D eigenvalue weighted by Crippen LogP contribution is -2.42. The number of aliphatic hydroxyl groups is 1. The first-order valence-electron chi connectivity index (χ1n) is 8.99. The molecule has 0 spiro atoms. The smallest absolute Gasteiger partial charge is 0.0957 e. The van der Waals surface area contributed by atoms with Crippen LogP contribution in [0.4, 0.5) is 0 Å². The van der Waals surface area contributed by atoms with Gasteiger partial charge in [0.1, 0.15) is 0 Å². The number of rotatable bonds is 4. The Bertz CT molecular complexity index is 450. The molecule has 2 aliphatic rings. The van der Waals surface area contributed by atoms with Crippen molar-refractivity contribution in [3.8, 4) is 0 Å². The first kappa shape index (κ1) is 15.1. The van der Waals surface area contributed by atoms with Gasteiger partial charge in [-0.3, -0.25) is 4.68 Å². The molecule has 1 heterocycles. The molecule has 0 aromatic carbocycles. The van der Waals surface area contributed by atoms with Crippen molar-refractivity contribution in [2.75, 3.05) is 0 Å². The molecule has 2 atom stereocenters. The Morgan fingerprint density at radius 3 is 2.71 bits per heavy atom. The summed E-state index contributed by atoms with van der Waals surface area (Å²) in [4.78, 5) is 0. The average molecular weight is 290 g/mol. The largest absolute Gasteiger partial charge is 0.385 e. The Kier molecular flexibility index (Phi) is 4.68. The first-order chi connectivity index (χ1) is 10.2. The molecule has 2 aliphatic carbocycles. The van der Waals surface area contributed by atoms with Crippen LogP contribution in [0.25, 0.3) is 0 Å². The van der Waals surface area contributed by atoms with E-state index in [0.29, 0.717) is 5.92 Å². The van der Waals surface area contributed by atoms with Crippen molar-refractivity contribution in [3.05, 3.63) is 18.0 Å². The lowest BCUT2D eigenvalue weighted by Gasteiger charge is -2.45. The van der Waals surface area contributed by atoms with Crippen molar-refractivity contribution in [1.29, 1.82) is 0 Å². The molecule has 0 radical (unpaired) electrons. The van der Waals surface area contributed by atoms with Crippen LogP contribution in [0.3, 0.4) is 0 Å². The lowest BCUT2D eigenvalue weighted by molar-refractivity contribution is -0.0835. The van der Waals surface area contributed by atoms with Gasteiger partial charge in [-0.1, -0.05) is 51.9 Å². The average Bonchev–Trinajstić information content (AvgIpc) is 2.98. The Hall–Kier alpha value is -0.830. The molecule has 3 rings (SSSR count). The van der Waals surface area contributed by atoms with Crippen LogP contribution in [-0.2, 0) is 12.1 Å². The Morgan fingerprint density at radius 2 is 1.95 bits per heavy atom. The minimum Gasteiger partial charge on any atom is -0.385 e. The van der Waals surface area contributed by atoms with E-state index in [1.54, 1.807) is 0 Å². The fourth-order valence-corrected chi connectivity index (χ4v) is 4.64. The van der Waals surface area contributed by atoms with E-state index in [9.17, 15) is 5.11 Å². The number of aryl methyl sites for hydroxylation is 1. The summed E-state index contributed by atoms with van der Waals surface area (Å²) in [7, 11) is 0. The van der Waals surface area contributed by atoms with E-state index in [-0.39, 0.29) is 0 Å². The van der Waals surface area contributed by atoms with Crippen LogP contribution < -0.4 is 0 Å². The SMILES string of the molecule is CCCn1cc(C2(O)CCCCC2C2CCCCC2)cn1. The van der Waals surface area contributed by atoms with Crippen LogP contribution in [0.15, 0.2) is 12.4 Å². The fraction of sp³-hybridized carbons (Fsp3) is 0.833. The van der Waals surface area contributed by atoms with Crippen molar-refractivity contribution in [3.63, 3.8) is 0 Å². The maximum absolute atomic E-state index is 11.5. The molecule has 2 unspecified atom stereocenters. The number of hydrogen-bond donors (Lipinski definition) is 1. The third-order valence-electron chi connectivity index (χ3n) is 5.74. The first-order valence-corrected chi connectivity index (χ1v) is 8.99. The molecule has 0 bridgehead atoms. The van der Waals surface area contributed by atoms with Crippen LogP contribution in [0.5, 0.6) is 0 Å². The van der Waals surface area contributed by atoms with Crippen LogP contribution in [0.1, 0.15) is 76.7 Å². The number of nitrogens with zero attached hydrogens (tertiary/aromatic N) is 2. The van der Waals surface area contributed by atoms with Gasteiger partial charge in [-0.15, -0.1) is 0 Å². The molecule has 2 saturated carbocycles. The molecule has 0 amide bonds.